The summed E-state index contributed by atoms with van der Waals surface area (Å²) in [6.45, 7) is 9.30. The lowest BCUT2D eigenvalue weighted by atomic mass is 9.97. The van der Waals surface area contributed by atoms with Gasteiger partial charge < -0.3 is 15.6 Å². The minimum atomic E-state index is 0.00118. The summed E-state index contributed by atoms with van der Waals surface area (Å²) in [5.41, 5.74) is 7.62. The van der Waals surface area contributed by atoms with Crippen molar-refractivity contribution in [3.05, 3.63) is 35.3 Å². The molecule has 1 aliphatic heterocycles. The van der Waals surface area contributed by atoms with Crippen molar-refractivity contribution in [3.63, 3.8) is 0 Å². The first kappa shape index (κ1) is 22.7. The van der Waals surface area contributed by atoms with E-state index in [1.54, 1.807) is 0 Å². The molecule has 3 rings (SSSR count). The molecule has 166 valence electrons. The summed E-state index contributed by atoms with van der Waals surface area (Å²) in [5, 5.41) is 17.8. The second-order valence-corrected chi connectivity index (χ2v) is 8.79. The summed E-state index contributed by atoms with van der Waals surface area (Å²) >= 11 is 0. The van der Waals surface area contributed by atoms with Crippen molar-refractivity contribution in [2.75, 3.05) is 39.3 Å². The minimum absolute atomic E-state index is 0.00118. The van der Waals surface area contributed by atoms with Crippen molar-refractivity contribution >= 4 is 12.1 Å². The lowest BCUT2D eigenvalue weighted by Crippen LogP contribution is -2.50. The number of nitrogens with one attached hydrogen (secondary N) is 1. The van der Waals surface area contributed by atoms with Gasteiger partial charge in [-0.15, -0.1) is 0 Å². The van der Waals surface area contributed by atoms with Crippen LogP contribution in [0.15, 0.2) is 40.2 Å². The Hall–Kier alpha value is -1.96. The smallest absolute Gasteiger partial charge is 0.106 e. The van der Waals surface area contributed by atoms with E-state index in [9.17, 15) is 0 Å². The molecule has 0 aromatic heterocycles. The lowest BCUT2D eigenvalue weighted by Gasteiger charge is -2.37. The molecule has 0 aromatic carbocycles. The fourth-order valence-corrected chi connectivity index (χ4v) is 3.99. The normalized spacial score (nSPS) is 23.8. The molecule has 1 saturated heterocycles. The summed E-state index contributed by atoms with van der Waals surface area (Å²) < 4.78 is 6.13. The summed E-state index contributed by atoms with van der Waals surface area (Å²) in [7, 11) is 0. The number of nitrogens with zero attached hydrogens (tertiary/aromatic N) is 3. The number of hydrogen-bond acceptors (Lipinski definition) is 6. The van der Waals surface area contributed by atoms with E-state index in [1.807, 2.05) is 6.08 Å². The van der Waals surface area contributed by atoms with Crippen molar-refractivity contribution in [2.45, 2.75) is 57.6 Å². The summed E-state index contributed by atoms with van der Waals surface area (Å²) in [6, 6.07) is 0.367. The average Bonchev–Trinajstić information content (AvgIpc) is 3.47. The zero-order chi connectivity index (χ0) is 21.6. The van der Waals surface area contributed by atoms with Gasteiger partial charge in [-0.1, -0.05) is 12.2 Å². The highest BCUT2D eigenvalue weighted by Gasteiger charge is 2.40. The third-order valence-corrected chi connectivity index (χ3v) is 6.30. The van der Waals surface area contributed by atoms with E-state index in [4.69, 9.17) is 21.0 Å². The monoisotopic (exact) mass is 415 g/mol. The maximum absolute atomic E-state index is 9.10. The quantitative estimate of drug-likeness (QED) is 0.376. The Balaban J connectivity index is 1.56. The number of rotatable bonds is 10. The van der Waals surface area contributed by atoms with Crippen LogP contribution in [0, 0.1) is 5.41 Å². The van der Waals surface area contributed by atoms with Crippen LogP contribution in [-0.4, -0.2) is 77.9 Å². The Bertz CT molecular complexity index is 728. The molecule has 7 heteroatoms. The van der Waals surface area contributed by atoms with E-state index in [2.05, 4.69) is 40.8 Å². The molecular formula is C23H37N5O2. The SMILES string of the molecule is CC(C/C=C(/N=CN)C(=N)C1=CCC=C(OC2(C)CC2)C1)N1CCN(CCO)CC1. The second-order valence-electron chi connectivity index (χ2n) is 8.79. The highest BCUT2D eigenvalue weighted by Crippen LogP contribution is 2.42. The average molecular weight is 416 g/mol. The van der Waals surface area contributed by atoms with Gasteiger partial charge in [-0.2, -0.15) is 0 Å². The van der Waals surface area contributed by atoms with E-state index in [0.29, 0.717) is 23.9 Å². The van der Waals surface area contributed by atoms with Gasteiger partial charge in [0.2, 0.25) is 0 Å². The Labute approximate surface area is 180 Å². The van der Waals surface area contributed by atoms with Gasteiger partial charge >= 0.3 is 0 Å². The van der Waals surface area contributed by atoms with Gasteiger partial charge in [0.1, 0.15) is 5.60 Å². The van der Waals surface area contributed by atoms with Gasteiger partial charge in [0.15, 0.2) is 0 Å². The van der Waals surface area contributed by atoms with Crippen LogP contribution in [0.4, 0.5) is 0 Å². The Kier molecular flexibility index (Phi) is 7.86. The number of piperazine rings is 1. The molecule has 30 heavy (non-hydrogen) atoms. The molecule has 1 saturated carbocycles. The van der Waals surface area contributed by atoms with E-state index in [-0.39, 0.29) is 12.2 Å². The molecule has 0 bridgehead atoms. The fraction of sp³-hybridized carbons (Fsp3) is 0.652. The van der Waals surface area contributed by atoms with Gasteiger partial charge in [-0.3, -0.25) is 15.2 Å². The van der Waals surface area contributed by atoms with Gasteiger partial charge in [-0.25, -0.2) is 4.99 Å². The summed E-state index contributed by atoms with van der Waals surface area (Å²) in [6.07, 6.45) is 12.0. The number of hydrogen-bond donors (Lipinski definition) is 3. The maximum atomic E-state index is 9.10. The first-order chi connectivity index (χ1) is 14.4. The highest BCUT2D eigenvalue weighted by molar-refractivity contribution is 6.10. The highest BCUT2D eigenvalue weighted by atomic mass is 16.5. The molecule has 0 aromatic rings. The van der Waals surface area contributed by atoms with Gasteiger partial charge in [0.05, 0.1) is 30.1 Å². The molecule has 0 amide bonds. The van der Waals surface area contributed by atoms with Crippen molar-refractivity contribution in [1.29, 1.82) is 5.41 Å². The van der Waals surface area contributed by atoms with Crippen LogP contribution in [0.25, 0.3) is 0 Å². The van der Waals surface area contributed by atoms with Crippen LogP contribution < -0.4 is 5.73 Å². The van der Waals surface area contributed by atoms with Crippen molar-refractivity contribution in [3.8, 4) is 0 Å². The molecule has 4 N–H and O–H groups in total. The number of allylic oxidation sites excluding steroid dienone is 4. The number of nitrogens with two attached hydrogens (primary N) is 1. The number of ether oxygens (including phenoxy) is 1. The summed E-state index contributed by atoms with van der Waals surface area (Å²) in [5.74, 6) is 0.974. The zero-order valence-corrected chi connectivity index (χ0v) is 18.4. The molecule has 2 aliphatic carbocycles. The number of aliphatic hydroxyl groups is 1. The predicted octanol–water partition coefficient (Wildman–Crippen LogP) is 2.44. The molecule has 1 heterocycles. The molecule has 1 unspecified atom stereocenters. The predicted molar refractivity (Wildman–Crippen MR) is 122 cm³/mol. The fourth-order valence-electron chi connectivity index (χ4n) is 3.99. The zero-order valence-electron chi connectivity index (χ0n) is 18.4. The lowest BCUT2D eigenvalue weighted by molar-refractivity contribution is 0.0895. The molecule has 0 spiro atoms. The van der Waals surface area contributed by atoms with Crippen LogP contribution in [-0.2, 0) is 4.74 Å². The second kappa shape index (κ2) is 10.4. The Morgan fingerprint density at radius 1 is 1.33 bits per heavy atom. The first-order valence-corrected chi connectivity index (χ1v) is 11.1. The van der Waals surface area contributed by atoms with Gasteiger partial charge in [0.25, 0.3) is 0 Å². The molecule has 7 nitrogen and oxygen atoms in total. The molecule has 0 radical (unpaired) electrons. The van der Waals surface area contributed by atoms with Crippen LogP contribution >= 0.6 is 0 Å². The number of β-amino-alcohol motifs (C(OH)–C–C–N with tert-alkyl or cyclic N) is 1. The molecule has 1 atom stereocenters. The topological polar surface area (TPSA) is 98.2 Å². The van der Waals surface area contributed by atoms with Crippen molar-refractivity contribution < 1.29 is 9.84 Å². The van der Waals surface area contributed by atoms with Gasteiger partial charge in [0, 0.05) is 45.2 Å². The largest absolute Gasteiger partial charge is 0.492 e. The number of aliphatic hydroxyl groups excluding tert-OH is 1. The van der Waals surface area contributed by atoms with Crippen molar-refractivity contribution in [2.24, 2.45) is 10.7 Å². The number of aliphatic imine (C=N–C) groups is 1. The van der Waals surface area contributed by atoms with Crippen LogP contribution in [0.5, 0.6) is 0 Å². The molecule has 3 aliphatic rings. The van der Waals surface area contributed by atoms with E-state index in [0.717, 1.165) is 69.7 Å². The Morgan fingerprint density at radius 3 is 2.70 bits per heavy atom. The van der Waals surface area contributed by atoms with Crippen LogP contribution in [0.3, 0.4) is 0 Å². The maximum Gasteiger partial charge on any atom is 0.106 e. The third kappa shape index (κ3) is 6.27. The van der Waals surface area contributed by atoms with Crippen LogP contribution in [0.2, 0.25) is 0 Å². The molecular weight excluding hydrogens is 378 g/mol. The first-order valence-electron chi connectivity index (χ1n) is 11.1. The minimum Gasteiger partial charge on any atom is -0.492 e. The molecule has 2 fully saturated rings. The van der Waals surface area contributed by atoms with Crippen LogP contribution in [0.1, 0.15) is 46.0 Å². The van der Waals surface area contributed by atoms with E-state index in [1.165, 1.54) is 6.34 Å². The summed E-state index contributed by atoms with van der Waals surface area (Å²) in [4.78, 5) is 9.05. The van der Waals surface area contributed by atoms with Crippen molar-refractivity contribution in [1.82, 2.24) is 9.80 Å². The third-order valence-electron chi connectivity index (χ3n) is 6.30. The van der Waals surface area contributed by atoms with Gasteiger partial charge in [-0.05, 0) is 51.2 Å². The standard InChI is InChI=1S/C23H37N5O2/c1-18(28-12-10-27(11-13-28)14-15-29)6-7-21(26-17-24)22(25)19-4-3-5-20(16-19)30-23(2)8-9-23/h4-5,7,17-18,25,29H,3,6,8-16H2,1-2H3,(H2,24,26)/b21-7+,25-22?. The Morgan fingerprint density at radius 2 is 2.07 bits per heavy atom. The van der Waals surface area contributed by atoms with E-state index < -0.39 is 0 Å². The van der Waals surface area contributed by atoms with E-state index >= 15 is 0 Å².